The lowest BCUT2D eigenvalue weighted by molar-refractivity contribution is 0.602. The van der Waals surface area contributed by atoms with Crippen LogP contribution in [0.3, 0.4) is 0 Å². The summed E-state index contributed by atoms with van der Waals surface area (Å²) in [5.41, 5.74) is 1.86. The molecule has 2 rings (SSSR count). The van der Waals surface area contributed by atoms with Gasteiger partial charge in [-0.3, -0.25) is 4.72 Å². The van der Waals surface area contributed by atoms with Gasteiger partial charge in [0.2, 0.25) is 10.0 Å². The highest BCUT2D eigenvalue weighted by atomic mass is 35.5. The summed E-state index contributed by atoms with van der Waals surface area (Å²) in [6, 6.07) is 11.0. The molecular formula is C14H14ClFN2O2S. The van der Waals surface area contributed by atoms with Gasteiger partial charge in [0.25, 0.3) is 0 Å². The monoisotopic (exact) mass is 328 g/mol. The number of hydrogen-bond acceptors (Lipinski definition) is 3. The molecule has 0 spiro atoms. The summed E-state index contributed by atoms with van der Waals surface area (Å²) in [4.78, 5) is 0. The van der Waals surface area contributed by atoms with Crippen LogP contribution < -0.4 is 10.0 Å². The van der Waals surface area contributed by atoms with E-state index >= 15 is 0 Å². The average molecular weight is 329 g/mol. The van der Waals surface area contributed by atoms with E-state index in [1.54, 1.807) is 37.3 Å². The predicted octanol–water partition coefficient (Wildman–Crippen LogP) is 3.98. The maximum atomic E-state index is 13.1. The Morgan fingerprint density at radius 1 is 1.05 bits per heavy atom. The molecule has 21 heavy (non-hydrogen) atoms. The zero-order valence-electron chi connectivity index (χ0n) is 11.2. The lowest BCUT2D eigenvalue weighted by Gasteiger charge is -2.09. The van der Waals surface area contributed by atoms with E-state index in [2.05, 4.69) is 10.0 Å². The second-order valence-corrected chi connectivity index (χ2v) is 6.75. The van der Waals surface area contributed by atoms with Crippen molar-refractivity contribution in [1.82, 2.24) is 0 Å². The zero-order valence-corrected chi connectivity index (χ0v) is 12.8. The van der Waals surface area contributed by atoms with E-state index in [9.17, 15) is 12.8 Å². The third-order valence-corrected chi connectivity index (χ3v) is 4.34. The fourth-order valence-corrected chi connectivity index (χ4v) is 2.43. The SMILES string of the molecule is CCS(=O)(=O)Nc1ccc(Nc2ccc(F)c(Cl)c2)cc1. The Morgan fingerprint density at radius 2 is 1.62 bits per heavy atom. The number of benzene rings is 2. The van der Waals surface area contributed by atoms with Gasteiger partial charge < -0.3 is 5.32 Å². The molecule has 0 fully saturated rings. The van der Waals surface area contributed by atoms with Gasteiger partial charge in [0.1, 0.15) is 5.82 Å². The van der Waals surface area contributed by atoms with Crippen LogP contribution >= 0.6 is 11.6 Å². The standard InChI is InChI=1S/C14H14ClFN2O2S/c1-2-21(19,20)18-11-5-3-10(4-6-11)17-12-7-8-14(16)13(15)9-12/h3-9,17-18H,2H2,1H3. The van der Waals surface area contributed by atoms with Gasteiger partial charge in [-0.25, -0.2) is 12.8 Å². The minimum atomic E-state index is -3.28. The number of sulfonamides is 1. The summed E-state index contributed by atoms with van der Waals surface area (Å²) in [6.45, 7) is 1.57. The predicted molar refractivity (Wildman–Crippen MR) is 84.2 cm³/mol. The molecule has 0 aliphatic heterocycles. The first kappa shape index (κ1) is 15.6. The number of hydrogen-bond donors (Lipinski definition) is 2. The Balaban J connectivity index is 2.10. The molecule has 0 unspecified atom stereocenters. The third-order valence-electron chi connectivity index (χ3n) is 2.75. The van der Waals surface area contributed by atoms with Crippen LogP contribution in [0.1, 0.15) is 6.92 Å². The second kappa shape index (κ2) is 6.32. The van der Waals surface area contributed by atoms with E-state index in [0.717, 1.165) is 5.69 Å². The molecule has 2 N–H and O–H groups in total. The number of nitrogens with one attached hydrogen (secondary N) is 2. The second-order valence-electron chi connectivity index (χ2n) is 4.34. The molecule has 0 radical (unpaired) electrons. The van der Waals surface area contributed by atoms with Crippen molar-refractivity contribution < 1.29 is 12.8 Å². The highest BCUT2D eigenvalue weighted by Gasteiger charge is 2.06. The molecule has 2 aromatic carbocycles. The van der Waals surface area contributed by atoms with Crippen molar-refractivity contribution in [2.75, 3.05) is 15.8 Å². The molecule has 4 nitrogen and oxygen atoms in total. The van der Waals surface area contributed by atoms with E-state index in [4.69, 9.17) is 11.6 Å². The van der Waals surface area contributed by atoms with Gasteiger partial charge in [-0.15, -0.1) is 0 Å². The van der Waals surface area contributed by atoms with Crippen molar-refractivity contribution in [1.29, 1.82) is 0 Å². The summed E-state index contributed by atoms with van der Waals surface area (Å²) in [5.74, 6) is -0.465. The molecule has 0 heterocycles. The molecular weight excluding hydrogens is 315 g/mol. The first-order valence-electron chi connectivity index (χ1n) is 6.22. The Labute approximate surface area is 128 Å². The molecule has 0 bridgehead atoms. The van der Waals surface area contributed by atoms with Gasteiger partial charge in [-0.2, -0.15) is 0 Å². The summed E-state index contributed by atoms with van der Waals surface area (Å²) >= 11 is 5.70. The van der Waals surface area contributed by atoms with Gasteiger partial charge in [0, 0.05) is 17.1 Å². The number of rotatable bonds is 5. The highest BCUT2D eigenvalue weighted by Crippen LogP contribution is 2.23. The molecule has 2 aromatic rings. The van der Waals surface area contributed by atoms with Crippen LogP contribution in [0.15, 0.2) is 42.5 Å². The summed E-state index contributed by atoms with van der Waals surface area (Å²) < 4.78 is 38.4. The molecule has 0 saturated carbocycles. The van der Waals surface area contributed by atoms with Crippen molar-refractivity contribution >= 4 is 38.7 Å². The van der Waals surface area contributed by atoms with E-state index in [-0.39, 0.29) is 10.8 Å². The minimum Gasteiger partial charge on any atom is -0.355 e. The van der Waals surface area contributed by atoms with E-state index in [0.29, 0.717) is 11.4 Å². The van der Waals surface area contributed by atoms with Crippen LogP contribution in [0.2, 0.25) is 5.02 Å². The van der Waals surface area contributed by atoms with Crippen molar-refractivity contribution in [2.24, 2.45) is 0 Å². The maximum Gasteiger partial charge on any atom is 0.232 e. The molecule has 0 atom stereocenters. The largest absolute Gasteiger partial charge is 0.355 e. The fraction of sp³-hybridized carbons (Fsp3) is 0.143. The van der Waals surface area contributed by atoms with Gasteiger partial charge in [0.15, 0.2) is 0 Å². The first-order chi connectivity index (χ1) is 9.89. The molecule has 0 aliphatic rings. The normalized spacial score (nSPS) is 11.2. The maximum absolute atomic E-state index is 13.1. The van der Waals surface area contributed by atoms with Crippen molar-refractivity contribution in [3.63, 3.8) is 0 Å². The van der Waals surface area contributed by atoms with E-state index in [1.165, 1.54) is 12.1 Å². The molecule has 0 amide bonds. The fourth-order valence-electron chi connectivity index (χ4n) is 1.61. The molecule has 7 heteroatoms. The Bertz CT molecular complexity index is 733. The Hall–Kier alpha value is -1.79. The smallest absolute Gasteiger partial charge is 0.232 e. The highest BCUT2D eigenvalue weighted by molar-refractivity contribution is 7.92. The lowest BCUT2D eigenvalue weighted by Crippen LogP contribution is -2.14. The summed E-state index contributed by atoms with van der Waals surface area (Å²) in [6.07, 6.45) is 0. The molecule has 112 valence electrons. The zero-order chi connectivity index (χ0) is 15.5. The van der Waals surface area contributed by atoms with E-state index < -0.39 is 15.8 Å². The van der Waals surface area contributed by atoms with Crippen LogP contribution in [0.4, 0.5) is 21.5 Å². The van der Waals surface area contributed by atoms with Crippen molar-refractivity contribution in [3.8, 4) is 0 Å². The van der Waals surface area contributed by atoms with Crippen molar-refractivity contribution in [2.45, 2.75) is 6.92 Å². The third kappa shape index (κ3) is 4.34. The summed E-state index contributed by atoms with van der Waals surface area (Å²) in [7, 11) is -3.28. The number of anilines is 3. The van der Waals surface area contributed by atoms with Crippen LogP contribution in [-0.4, -0.2) is 14.2 Å². The minimum absolute atomic E-state index is 0.0150. The molecule has 0 aliphatic carbocycles. The van der Waals surface area contributed by atoms with Crippen LogP contribution in [0.25, 0.3) is 0 Å². The quantitative estimate of drug-likeness (QED) is 0.872. The van der Waals surface area contributed by atoms with Crippen LogP contribution in [0.5, 0.6) is 0 Å². The number of halogens is 2. The average Bonchev–Trinajstić information content (AvgIpc) is 2.45. The lowest BCUT2D eigenvalue weighted by atomic mass is 10.2. The van der Waals surface area contributed by atoms with Gasteiger partial charge >= 0.3 is 0 Å². The van der Waals surface area contributed by atoms with Crippen LogP contribution in [0, 0.1) is 5.82 Å². The van der Waals surface area contributed by atoms with Gasteiger partial charge in [0.05, 0.1) is 10.8 Å². The van der Waals surface area contributed by atoms with E-state index in [1.807, 2.05) is 0 Å². The summed E-state index contributed by atoms with van der Waals surface area (Å²) in [5, 5.41) is 3.08. The van der Waals surface area contributed by atoms with Crippen LogP contribution in [-0.2, 0) is 10.0 Å². The first-order valence-corrected chi connectivity index (χ1v) is 8.25. The topological polar surface area (TPSA) is 58.2 Å². The van der Waals surface area contributed by atoms with Crippen molar-refractivity contribution in [3.05, 3.63) is 53.3 Å². The van der Waals surface area contributed by atoms with Gasteiger partial charge in [-0.1, -0.05) is 11.6 Å². The molecule has 0 aromatic heterocycles. The molecule has 0 saturated heterocycles. The van der Waals surface area contributed by atoms with Gasteiger partial charge in [-0.05, 0) is 49.4 Å². The Morgan fingerprint density at radius 3 is 2.19 bits per heavy atom. The Kier molecular flexibility index (Phi) is 4.69.